The molecule has 0 fully saturated rings. The normalized spacial score (nSPS) is 10.6. The molecule has 0 spiro atoms. The number of hydrogen-bond donors (Lipinski definition) is 1. The van der Waals surface area contributed by atoms with Crippen molar-refractivity contribution in [3.05, 3.63) is 48.5 Å². The Morgan fingerprint density at radius 1 is 1.29 bits per heavy atom. The van der Waals surface area contributed by atoms with E-state index in [2.05, 4.69) is 9.97 Å². The second-order valence-corrected chi connectivity index (χ2v) is 4.53. The van der Waals surface area contributed by atoms with Crippen molar-refractivity contribution in [2.24, 2.45) is 0 Å². The van der Waals surface area contributed by atoms with Gasteiger partial charge >= 0.3 is 0 Å². The van der Waals surface area contributed by atoms with Gasteiger partial charge in [-0.05, 0) is 17.5 Å². The topological polar surface area (TPSA) is 56.7 Å². The van der Waals surface area contributed by atoms with Crippen LogP contribution < -0.4 is 5.73 Å². The number of thiophene rings is 1. The summed E-state index contributed by atoms with van der Waals surface area (Å²) < 4.78 is 1.89. The Hall–Kier alpha value is -2.14. The van der Waals surface area contributed by atoms with E-state index in [9.17, 15) is 0 Å². The number of nitrogens with zero attached hydrogens (tertiary/aromatic N) is 3. The van der Waals surface area contributed by atoms with Crippen molar-refractivity contribution < 1.29 is 0 Å². The quantitative estimate of drug-likeness (QED) is 0.751. The summed E-state index contributed by atoms with van der Waals surface area (Å²) in [5.41, 5.74) is 8.38. The van der Waals surface area contributed by atoms with E-state index in [1.54, 1.807) is 36.1 Å². The minimum Gasteiger partial charge on any atom is -0.397 e. The fourth-order valence-corrected chi connectivity index (χ4v) is 2.31. The third-order valence-electron chi connectivity index (χ3n) is 2.47. The number of aromatic nitrogens is 3. The monoisotopic (exact) mass is 242 g/mol. The van der Waals surface area contributed by atoms with Gasteiger partial charge in [0.1, 0.15) is 6.33 Å². The van der Waals surface area contributed by atoms with Crippen LogP contribution >= 0.6 is 11.3 Å². The lowest BCUT2D eigenvalue weighted by Gasteiger charge is -2.03. The van der Waals surface area contributed by atoms with E-state index in [1.165, 1.54) is 0 Å². The van der Waals surface area contributed by atoms with Crippen molar-refractivity contribution in [2.45, 2.75) is 0 Å². The molecule has 0 saturated heterocycles. The van der Waals surface area contributed by atoms with Gasteiger partial charge in [0, 0.05) is 12.4 Å². The number of anilines is 1. The van der Waals surface area contributed by atoms with E-state index >= 15 is 0 Å². The summed E-state index contributed by atoms with van der Waals surface area (Å²) in [6.45, 7) is 0. The van der Waals surface area contributed by atoms with Gasteiger partial charge in [-0.3, -0.25) is 4.98 Å². The highest BCUT2D eigenvalue weighted by Gasteiger charge is 2.06. The van der Waals surface area contributed by atoms with E-state index in [0.29, 0.717) is 5.69 Å². The average Bonchev–Trinajstić information content (AvgIpc) is 3.00. The van der Waals surface area contributed by atoms with Crippen LogP contribution in [0.5, 0.6) is 0 Å². The van der Waals surface area contributed by atoms with Crippen molar-refractivity contribution in [2.75, 3.05) is 5.73 Å². The molecule has 0 unspecified atom stereocenters. The van der Waals surface area contributed by atoms with Gasteiger partial charge in [0.25, 0.3) is 0 Å². The maximum atomic E-state index is 5.89. The number of hydrogen-bond acceptors (Lipinski definition) is 4. The molecule has 84 valence electrons. The SMILES string of the molecule is Nc1ccncc1-n1cnc(-c2cccs2)c1. The van der Waals surface area contributed by atoms with Crippen molar-refractivity contribution in [1.82, 2.24) is 14.5 Å². The first kappa shape index (κ1) is 10.0. The molecule has 17 heavy (non-hydrogen) atoms. The molecular formula is C12H10N4S. The minimum absolute atomic E-state index is 0.690. The standard InChI is InChI=1S/C12H10N4S/c13-9-3-4-14-6-11(9)16-7-10(15-8-16)12-2-1-5-17-12/h1-8H,(H2,13,14). The Kier molecular flexibility index (Phi) is 2.38. The first-order chi connectivity index (χ1) is 8.34. The highest BCUT2D eigenvalue weighted by Crippen LogP contribution is 2.24. The molecule has 0 aromatic carbocycles. The van der Waals surface area contributed by atoms with Gasteiger partial charge in [0.2, 0.25) is 0 Å². The van der Waals surface area contributed by atoms with Crippen molar-refractivity contribution in [1.29, 1.82) is 0 Å². The smallest absolute Gasteiger partial charge is 0.100 e. The lowest BCUT2D eigenvalue weighted by atomic mass is 10.3. The number of imidazole rings is 1. The number of pyridine rings is 1. The van der Waals surface area contributed by atoms with Gasteiger partial charge < -0.3 is 10.3 Å². The lowest BCUT2D eigenvalue weighted by molar-refractivity contribution is 1.04. The summed E-state index contributed by atoms with van der Waals surface area (Å²) in [5.74, 6) is 0. The molecule has 0 atom stereocenters. The summed E-state index contributed by atoms with van der Waals surface area (Å²) in [5, 5.41) is 2.03. The van der Waals surface area contributed by atoms with Crippen molar-refractivity contribution in [3.8, 4) is 16.3 Å². The number of rotatable bonds is 2. The molecule has 3 aromatic rings. The molecular weight excluding hydrogens is 232 g/mol. The van der Waals surface area contributed by atoms with Crippen LogP contribution in [0.25, 0.3) is 16.3 Å². The van der Waals surface area contributed by atoms with Gasteiger partial charge in [0.05, 0.1) is 28.1 Å². The first-order valence-electron chi connectivity index (χ1n) is 5.12. The zero-order chi connectivity index (χ0) is 11.7. The molecule has 0 bridgehead atoms. The van der Waals surface area contributed by atoms with E-state index < -0.39 is 0 Å². The maximum absolute atomic E-state index is 5.89. The number of nitrogen functional groups attached to an aromatic ring is 1. The van der Waals surface area contributed by atoms with Crippen LogP contribution in [0.3, 0.4) is 0 Å². The first-order valence-corrected chi connectivity index (χ1v) is 6.00. The molecule has 0 aliphatic heterocycles. The largest absolute Gasteiger partial charge is 0.397 e. The third kappa shape index (κ3) is 1.81. The van der Waals surface area contributed by atoms with Crippen LogP contribution in [0.1, 0.15) is 0 Å². The second-order valence-electron chi connectivity index (χ2n) is 3.58. The molecule has 0 aliphatic carbocycles. The Morgan fingerprint density at radius 2 is 2.24 bits per heavy atom. The second kappa shape index (κ2) is 4.03. The Bertz CT molecular complexity index is 628. The third-order valence-corrected chi connectivity index (χ3v) is 3.36. The van der Waals surface area contributed by atoms with Crippen LogP contribution in [0, 0.1) is 0 Å². The van der Waals surface area contributed by atoms with Gasteiger partial charge in [-0.25, -0.2) is 4.98 Å². The predicted octanol–water partition coefficient (Wildman–Crippen LogP) is 2.58. The van der Waals surface area contributed by atoms with Gasteiger partial charge in [-0.2, -0.15) is 0 Å². The van der Waals surface area contributed by atoms with Crippen LogP contribution in [0.4, 0.5) is 5.69 Å². The Morgan fingerprint density at radius 3 is 3.00 bits per heavy atom. The van der Waals surface area contributed by atoms with Crippen LogP contribution in [-0.2, 0) is 0 Å². The predicted molar refractivity (Wildman–Crippen MR) is 69.1 cm³/mol. The summed E-state index contributed by atoms with van der Waals surface area (Å²) in [7, 11) is 0. The molecule has 0 amide bonds. The molecule has 5 heteroatoms. The molecule has 3 rings (SSSR count). The zero-order valence-electron chi connectivity index (χ0n) is 8.95. The molecule has 0 saturated carbocycles. The van der Waals surface area contributed by atoms with E-state index in [4.69, 9.17) is 5.73 Å². The summed E-state index contributed by atoms with van der Waals surface area (Å²) in [6, 6.07) is 5.83. The molecule has 3 heterocycles. The maximum Gasteiger partial charge on any atom is 0.100 e. The summed E-state index contributed by atoms with van der Waals surface area (Å²) in [6.07, 6.45) is 7.12. The van der Waals surface area contributed by atoms with E-state index in [1.807, 2.05) is 28.3 Å². The Balaban J connectivity index is 2.04. The molecule has 0 radical (unpaired) electrons. The molecule has 4 nitrogen and oxygen atoms in total. The van der Waals surface area contributed by atoms with Crippen molar-refractivity contribution >= 4 is 17.0 Å². The Labute approximate surface area is 102 Å². The molecule has 0 aliphatic rings. The van der Waals surface area contributed by atoms with Crippen LogP contribution in [-0.4, -0.2) is 14.5 Å². The zero-order valence-corrected chi connectivity index (χ0v) is 9.76. The fourth-order valence-electron chi connectivity index (χ4n) is 1.62. The highest BCUT2D eigenvalue weighted by molar-refractivity contribution is 7.13. The minimum atomic E-state index is 0.690. The average molecular weight is 242 g/mol. The molecule has 3 aromatic heterocycles. The highest BCUT2D eigenvalue weighted by atomic mass is 32.1. The summed E-state index contributed by atoms with van der Waals surface area (Å²) in [4.78, 5) is 9.58. The summed E-state index contributed by atoms with van der Waals surface area (Å²) >= 11 is 1.67. The lowest BCUT2D eigenvalue weighted by Crippen LogP contribution is -1.97. The number of nitrogens with two attached hydrogens (primary N) is 1. The molecule has 2 N–H and O–H groups in total. The van der Waals surface area contributed by atoms with Gasteiger partial charge in [0.15, 0.2) is 0 Å². The van der Waals surface area contributed by atoms with E-state index in [0.717, 1.165) is 16.3 Å². The van der Waals surface area contributed by atoms with Crippen LogP contribution in [0.15, 0.2) is 48.5 Å². The fraction of sp³-hybridized carbons (Fsp3) is 0. The van der Waals surface area contributed by atoms with Gasteiger partial charge in [-0.15, -0.1) is 11.3 Å². The van der Waals surface area contributed by atoms with Gasteiger partial charge in [-0.1, -0.05) is 6.07 Å². The van der Waals surface area contributed by atoms with E-state index in [-0.39, 0.29) is 0 Å². The van der Waals surface area contributed by atoms with Crippen molar-refractivity contribution in [3.63, 3.8) is 0 Å². The van der Waals surface area contributed by atoms with Crippen LogP contribution in [0.2, 0.25) is 0 Å².